The van der Waals surface area contributed by atoms with Gasteiger partial charge in [0.2, 0.25) is 6.33 Å². The van der Waals surface area contributed by atoms with Crippen LogP contribution in [0.15, 0.2) is 25.3 Å². The average molecular weight is 152 g/mol. The van der Waals surface area contributed by atoms with Crippen LogP contribution in [0.2, 0.25) is 0 Å². The van der Waals surface area contributed by atoms with E-state index in [1.165, 1.54) is 0 Å². The Kier molecular flexibility index (Phi) is 2.06. The van der Waals surface area contributed by atoms with E-state index in [2.05, 4.69) is 6.58 Å². The minimum atomic E-state index is -0.350. The first-order valence-electron chi connectivity index (χ1n) is 3.20. The van der Waals surface area contributed by atoms with Gasteiger partial charge >= 0.3 is 0 Å². The van der Waals surface area contributed by atoms with Crippen molar-refractivity contribution < 1.29 is 9.36 Å². The molecule has 0 aromatic carbocycles. The highest BCUT2D eigenvalue weighted by molar-refractivity contribution is 5.72. The van der Waals surface area contributed by atoms with Gasteiger partial charge in [0.15, 0.2) is 6.54 Å². The highest BCUT2D eigenvalue weighted by Gasteiger charge is 2.02. The monoisotopic (exact) mass is 152 g/mol. The molecule has 0 aliphatic carbocycles. The Hall–Kier alpha value is -1.58. The first-order chi connectivity index (χ1) is 5.22. The molecule has 1 aromatic heterocycles. The Labute approximate surface area is 64.6 Å². The Bertz CT molecular complexity index is 277. The van der Waals surface area contributed by atoms with E-state index >= 15 is 0 Å². The van der Waals surface area contributed by atoms with Gasteiger partial charge in [0.1, 0.15) is 12.4 Å². The van der Waals surface area contributed by atoms with Crippen LogP contribution in [0.3, 0.4) is 0 Å². The number of carbonyl (C=O) groups excluding carboxylic acids is 1. The lowest BCUT2D eigenvalue weighted by Gasteiger charge is -1.87. The number of nitrogens with two attached hydrogens (primary N) is 1. The van der Waals surface area contributed by atoms with Crippen molar-refractivity contribution in [2.75, 3.05) is 0 Å². The van der Waals surface area contributed by atoms with E-state index in [-0.39, 0.29) is 12.5 Å². The lowest BCUT2D eigenvalue weighted by atomic mass is 10.6. The highest BCUT2D eigenvalue weighted by atomic mass is 16.1. The predicted molar refractivity (Wildman–Crippen MR) is 40.2 cm³/mol. The van der Waals surface area contributed by atoms with Crippen LogP contribution < -0.4 is 10.3 Å². The number of rotatable bonds is 3. The Morgan fingerprint density at radius 3 is 3.00 bits per heavy atom. The molecule has 1 rings (SSSR count). The van der Waals surface area contributed by atoms with Crippen LogP contribution in [-0.4, -0.2) is 10.5 Å². The summed E-state index contributed by atoms with van der Waals surface area (Å²) >= 11 is 0. The summed E-state index contributed by atoms with van der Waals surface area (Å²) in [6, 6.07) is 0. The van der Waals surface area contributed by atoms with E-state index in [4.69, 9.17) is 5.73 Å². The zero-order valence-electron chi connectivity index (χ0n) is 6.10. The molecule has 0 unspecified atom stereocenters. The molecule has 0 atom stereocenters. The van der Waals surface area contributed by atoms with Crippen molar-refractivity contribution in [2.45, 2.75) is 6.54 Å². The second-order valence-electron chi connectivity index (χ2n) is 2.18. The van der Waals surface area contributed by atoms with Crippen LogP contribution in [-0.2, 0) is 11.3 Å². The second-order valence-corrected chi connectivity index (χ2v) is 2.18. The summed E-state index contributed by atoms with van der Waals surface area (Å²) in [5, 5.41) is 0. The van der Waals surface area contributed by atoms with Gasteiger partial charge in [-0.3, -0.25) is 4.79 Å². The van der Waals surface area contributed by atoms with Crippen LogP contribution in [0.5, 0.6) is 0 Å². The van der Waals surface area contributed by atoms with Crippen LogP contribution in [0, 0.1) is 0 Å². The van der Waals surface area contributed by atoms with E-state index in [0.717, 1.165) is 0 Å². The lowest BCUT2D eigenvalue weighted by molar-refractivity contribution is -0.683. The van der Waals surface area contributed by atoms with Crippen molar-refractivity contribution in [3.63, 3.8) is 0 Å². The van der Waals surface area contributed by atoms with Crippen LogP contribution in [0.4, 0.5) is 0 Å². The van der Waals surface area contributed by atoms with Gasteiger partial charge in [-0.1, -0.05) is 6.58 Å². The SMILES string of the molecule is C=Cn1cc[n+](CC(N)=O)c1. The number of carbonyl (C=O) groups is 1. The molecule has 0 saturated heterocycles. The molecule has 0 spiro atoms. The Morgan fingerprint density at radius 2 is 2.55 bits per heavy atom. The van der Waals surface area contributed by atoms with E-state index in [1.807, 2.05) is 0 Å². The largest absolute Gasteiger partial charge is 0.366 e. The summed E-state index contributed by atoms with van der Waals surface area (Å²) < 4.78 is 3.42. The van der Waals surface area contributed by atoms with Gasteiger partial charge in [0, 0.05) is 0 Å². The first-order valence-corrected chi connectivity index (χ1v) is 3.20. The number of amides is 1. The standard InChI is InChI=1S/C7H9N3O/c1-2-9-3-4-10(6-9)5-7(8)11/h2-4,6H,1,5H2,(H-,8,11)/p+1. The molecule has 4 nitrogen and oxygen atoms in total. The number of imidazole rings is 1. The molecule has 1 amide bonds. The molecule has 0 aliphatic heterocycles. The molecule has 2 N–H and O–H groups in total. The maximum Gasteiger partial charge on any atom is 0.259 e. The third-order valence-corrected chi connectivity index (χ3v) is 1.26. The third-order valence-electron chi connectivity index (χ3n) is 1.26. The predicted octanol–water partition coefficient (Wildman–Crippen LogP) is -0.639. The molecule has 1 heterocycles. The fraction of sp³-hybridized carbons (Fsp3) is 0.143. The number of nitrogens with zero attached hydrogens (tertiary/aromatic N) is 2. The van der Waals surface area contributed by atoms with E-state index in [0.29, 0.717) is 0 Å². The zero-order chi connectivity index (χ0) is 8.27. The van der Waals surface area contributed by atoms with Crippen LogP contribution >= 0.6 is 0 Å². The normalized spacial score (nSPS) is 9.45. The number of primary amides is 1. The summed E-state index contributed by atoms with van der Waals surface area (Å²) in [7, 11) is 0. The maximum atomic E-state index is 10.4. The Balaban J connectivity index is 2.72. The van der Waals surface area contributed by atoms with Crippen LogP contribution in [0.25, 0.3) is 6.20 Å². The van der Waals surface area contributed by atoms with Crippen molar-refractivity contribution in [2.24, 2.45) is 5.73 Å². The molecule has 0 saturated carbocycles. The summed E-state index contributed by atoms with van der Waals surface area (Å²) in [5.74, 6) is -0.350. The summed E-state index contributed by atoms with van der Waals surface area (Å²) in [6.45, 7) is 3.77. The molecule has 0 fully saturated rings. The molecule has 11 heavy (non-hydrogen) atoms. The minimum absolute atomic E-state index is 0.209. The van der Waals surface area contributed by atoms with Gasteiger partial charge in [-0.15, -0.1) is 0 Å². The lowest BCUT2D eigenvalue weighted by Crippen LogP contribution is -2.38. The van der Waals surface area contributed by atoms with Crippen molar-refractivity contribution in [3.05, 3.63) is 25.3 Å². The average Bonchev–Trinajstić information content (AvgIpc) is 2.34. The first kappa shape index (κ1) is 7.53. The van der Waals surface area contributed by atoms with Crippen molar-refractivity contribution >= 4 is 12.1 Å². The van der Waals surface area contributed by atoms with Gasteiger partial charge in [-0.05, 0) is 0 Å². The van der Waals surface area contributed by atoms with Crippen molar-refractivity contribution in [1.82, 2.24) is 4.57 Å². The molecular formula is C7H10N3O+. The summed E-state index contributed by atoms with van der Waals surface area (Å²) in [4.78, 5) is 10.4. The second kappa shape index (κ2) is 3.01. The highest BCUT2D eigenvalue weighted by Crippen LogP contribution is 1.81. The third kappa shape index (κ3) is 1.93. The van der Waals surface area contributed by atoms with E-state index in [9.17, 15) is 4.79 Å². The number of hydrogen-bond acceptors (Lipinski definition) is 1. The van der Waals surface area contributed by atoms with Crippen LogP contribution in [0.1, 0.15) is 0 Å². The number of aromatic nitrogens is 2. The van der Waals surface area contributed by atoms with Gasteiger partial charge in [-0.25, -0.2) is 9.13 Å². The summed E-state index contributed by atoms with van der Waals surface area (Å²) in [5.41, 5.74) is 4.98. The van der Waals surface area contributed by atoms with Gasteiger partial charge in [-0.2, -0.15) is 0 Å². The van der Waals surface area contributed by atoms with Gasteiger partial charge in [0.25, 0.3) is 5.91 Å². The van der Waals surface area contributed by atoms with Gasteiger partial charge in [0.05, 0.1) is 6.20 Å². The molecule has 1 aromatic rings. The molecule has 4 heteroatoms. The molecule has 0 bridgehead atoms. The topological polar surface area (TPSA) is 51.9 Å². The quantitative estimate of drug-likeness (QED) is 0.575. The molecule has 58 valence electrons. The smallest absolute Gasteiger partial charge is 0.259 e. The fourth-order valence-electron chi connectivity index (χ4n) is 0.792. The van der Waals surface area contributed by atoms with Gasteiger partial charge < -0.3 is 5.73 Å². The Morgan fingerprint density at radius 1 is 1.82 bits per heavy atom. The molecule has 0 radical (unpaired) electrons. The number of hydrogen-bond donors (Lipinski definition) is 1. The van der Waals surface area contributed by atoms with Crippen molar-refractivity contribution in [1.29, 1.82) is 0 Å². The molecular weight excluding hydrogens is 142 g/mol. The minimum Gasteiger partial charge on any atom is -0.366 e. The maximum absolute atomic E-state index is 10.4. The fourth-order valence-corrected chi connectivity index (χ4v) is 0.792. The van der Waals surface area contributed by atoms with E-state index in [1.54, 1.807) is 34.1 Å². The zero-order valence-corrected chi connectivity index (χ0v) is 6.10. The van der Waals surface area contributed by atoms with E-state index < -0.39 is 0 Å². The molecule has 0 aliphatic rings. The van der Waals surface area contributed by atoms with Crippen molar-refractivity contribution in [3.8, 4) is 0 Å². The summed E-state index contributed by atoms with van der Waals surface area (Å²) in [6.07, 6.45) is 6.91.